The van der Waals surface area contributed by atoms with Crippen molar-refractivity contribution in [1.29, 1.82) is 0 Å². The Morgan fingerprint density at radius 2 is 1.78 bits per heavy atom. The van der Waals surface area contributed by atoms with Crippen molar-refractivity contribution in [3.63, 3.8) is 0 Å². The molecule has 0 bridgehead atoms. The molecular formula is C16H15BrO. The van der Waals surface area contributed by atoms with Crippen molar-refractivity contribution in [2.75, 3.05) is 0 Å². The molecule has 1 aromatic heterocycles. The van der Waals surface area contributed by atoms with Crippen LogP contribution < -0.4 is 0 Å². The van der Waals surface area contributed by atoms with Gasteiger partial charge in [0.25, 0.3) is 0 Å². The highest BCUT2D eigenvalue weighted by atomic mass is 79.9. The van der Waals surface area contributed by atoms with Crippen LogP contribution in [0.15, 0.2) is 28.9 Å². The molecule has 0 amide bonds. The lowest BCUT2D eigenvalue weighted by Crippen LogP contribution is -1.80. The fourth-order valence-corrected chi connectivity index (χ4v) is 3.16. The quantitative estimate of drug-likeness (QED) is 0.552. The number of furan rings is 1. The van der Waals surface area contributed by atoms with Gasteiger partial charge >= 0.3 is 0 Å². The molecule has 3 rings (SSSR count). The lowest BCUT2D eigenvalue weighted by Gasteiger charge is -2.02. The Kier molecular flexibility index (Phi) is 2.70. The van der Waals surface area contributed by atoms with Gasteiger partial charge in [-0.3, -0.25) is 0 Å². The molecule has 0 aliphatic heterocycles. The monoisotopic (exact) mass is 302 g/mol. The molecule has 2 aliphatic carbocycles. The van der Waals surface area contributed by atoms with E-state index in [9.17, 15) is 0 Å². The van der Waals surface area contributed by atoms with Crippen LogP contribution in [-0.4, -0.2) is 0 Å². The number of aryl methyl sites for hydroxylation is 3. The average Bonchev–Trinajstić information content (AvgIpc) is 2.78. The first kappa shape index (κ1) is 11.8. The molecule has 18 heavy (non-hydrogen) atoms. The van der Waals surface area contributed by atoms with Gasteiger partial charge < -0.3 is 4.42 Å². The van der Waals surface area contributed by atoms with Crippen LogP contribution in [0.25, 0.3) is 22.1 Å². The Balaban J connectivity index is 2.50. The number of hydrogen-bond donors (Lipinski definition) is 0. The van der Waals surface area contributed by atoms with Crippen molar-refractivity contribution in [2.24, 2.45) is 0 Å². The van der Waals surface area contributed by atoms with E-state index in [0.717, 1.165) is 10.9 Å². The van der Waals surface area contributed by atoms with Crippen molar-refractivity contribution in [2.45, 2.75) is 26.1 Å². The van der Waals surface area contributed by atoms with Gasteiger partial charge in [-0.1, -0.05) is 22.0 Å². The van der Waals surface area contributed by atoms with Crippen molar-refractivity contribution in [3.8, 4) is 11.1 Å². The summed E-state index contributed by atoms with van der Waals surface area (Å²) >= 11 is 3.58. The van der Waals surface area contributed by atoms with Crippen LogP contribution in [-0.2, 0) is 5.33 Å². The number of halogens is 1. The Morgan fingerprint density at radius 1 is 1.00 bits per heavy atom. The minimum absolute atomic E-state index is 0.891. The van der Waals surface area contributed by atoms with Gasteiger partial charge in [-0.15, -0.1) is 0 Å². The first-order valence-corrected chi connectivity index (χ1v) is 7.20. The smallest absolute Gasteiger partial charge is 0.134 e. The lowest BCUT2D eigenvalue weighted by molar-refractivity contribution is 0.613. The van der Waals surface area contributed by atoms with E-state index >= 15 is 0 Å². The van der Waals surface area contributed by atoms with Crippen LogP contribution in [0.3, 0.4) is 0 Å². The summed E-state index contributed by atoms with van der Waals surface area (Å²) in [5.41, 5.74) is 8.83. The third-order valence-corrected chi connectivity index (χ3v) is 4.24. The van der Waals surface area contributed by atoms with Gasteiger partial charge in [0.1, 0.15) is 5.58 Å². The Morgan fingerprint density at radius 3 is 2.50 bits per heavy atom. The van der Waals surface area contributed by atoms with Gasteiger partial charge in [0.05, 0.1) is 6.26 Å². The molecule has 0 fully saturated rings. The second-order valence-electron chi connectivity index (χ2n) is 4.94. The van der Waals surface area contributed by atoms with E-state index in [-0.39, 0.29) is 0 Å². The van der Waals surface area contributed by atoms with E-state index in [1.165, 1.54) is 38.8 Å². The minimum Gasteiger partial charge on any atom is -0.464 e. The van der Waals surface area contributed by atoms with Gasteiger partial charge in [0.15, 0.2) is 0 Å². The number of hydrogen-bond acceptors (Lipinski definition) is 1. The maximum atomic E-state index is 5.63. The summed E-state index contributed by atoms with van der Waals surface area (Å²) < 4.78 is 5.63. The van der Waals surface area contributed by atoms with E-state index in [4.69, 9.17) is 4.42 Å². The van der Waals surface area contributed by atoms with Crippen molar-refractivity contribution in [3.05, 3.63) is 46.7 Å². The summed E-state index contributed by atoms with van der Waals surface area (Å²) in [4.78, 5) is 0. The van der Waals surface area contributed by atoms with Crippen LogP contribution in [0.2, 0.25) is 0 Å². The van der Waals surface area contributed by atoms with Crippen LogP contribution in [0, 0.1) is 20.8 Å². The summed E-state index contributed by atoms with van der Waals surface area (Å²) in [6.45, 7) is 6.43. The average molecular weight is 303 g/mol. The minimum atomic E-state index is 0.891. The molecule has 0 saturated heterocycles. The van der Waals surface area contributed by atoms with E-state index in [1.807, 2.05) is 6.26 Å². The predicted octanol–water partition coefficient (Wildman–Crippen LogP) is 5.36. The fourth-order valence-electron chi connectivity index (χ4n) is 2.72. The normalized spacial score (nSPS) is 11.6. The predicted molar refractivity (Wildman–Crippen MR) is 79.7 cm³/mol. The number of rotatable bonds is 1. The zero-order chi connectivity index (χ0) is 12.9. The van der Waals surface area contributed by atoms with Crippen molar-refractivity contribution < 1.29 is 4.42 Å². The van der Waals surface area contributed by atoms with E-state index in [2.05, 4.69) is 54.9 Å². The van der Waals surface area contributed by atoms with E-state index < -0.39 is 0 Å². The van der Waals surface area contributed by atoms with Crippen LogP contribution in [0.5, 0.6) is 0 Å². The molecule has 2 aliphatic rings. The summed E-state index contributed by atoms with van der Waals surface area (Å²) in [6, 6.07) is 6.68. The Labute approximate surface area is 115 Å². The maximum Gasteiger partial charge on any atom is 0.134 e. The molecule has 0 aromatic carbocycles. The molecule has 1 aromatic rings. The van der Waals surface area contributed by atoms with E-state index in [0.29, 0.717) is 0 Å². The Bertz CT molecular complexity index is 709. The molecule has 2 heteroatoms. The van der Waals surface area contributed by atoms with Gasteiger partial charge in [-0.25, -0.2) is 0 Å². The molecular weight excluding hydrogens is 288 g/mol. The molecule has 0 unspecified atom stereocenters. The first-order valence-electron chi connectivity index (χ1n) is 6.08. The van der Waals surface area contributed by atoms with Gasteiger partial charge in [0, 0.05) is 10.7 Å². The summed E-state index contributed by atoms with van der Waals surface area (Å²) in [6.07, 6.45) is 1.83. The van der Waals surface area contributed by atoms with Crippen LogP contribution >= 0.6 is 15.9 Å². The van der Waals surface area contributed by atoms with Gasteiger partial charge in [-0.05, 0) is 66.3 Å². The summed E-state index contributed by atoms with van der Waals surface area (Å²) in [5, 5.41) is 2.10. The third kappa shape index (κ3) is 1.59. The molecule has 92 valence electrons. The molecule has 0 radical (unpaired) electrons. The third-order valence-electron chi connectivity index (χ3n) is 3.63. The van der Waals surface area contributed by atoms with Crippen molar-refractivity contribution in [1.82, 2.24) is 0 Å². The standard InChI is InChI=1S/C16H15BrO/c1-9-4-12(7-17)16-10(2)5-15-13(6-14(9)16)11(3)8-18-15/h4-6,8H,7H2,1-3H3. The fraction of sp³-hybridized carbons (Fsp3) is 0.250. The molecule has 0 atom stereocenters. The SMILES string of the molecule is Cc1cc(CBr)c2c(C)cc3occ(C)c3cc1-2. The topological polar surface area (TPSA) is 13.1 Å². The van der Waals surface area contributed by atoms with Gasteiger partial charge in [-0.2, -0.15) is 0 Å². The lowest BCUT2D eigenvalue weighted by atomic mass is 10.0. The van der Waals surface area contributed by atoms with Crippen molar-refractivity contribution >= 4 is 26.9 Å². The van der Waals surface area contributed by atoms with E-state index in [1.54, 1.807) is 0 Å². The maximum absolute atomic E-state index is 5.63. The zero-order valence-corrected chi connectivity index (χ0v) is 12.4. The van der Waals surface area contributed by atoms with Gasteiger partial charge in [0.2, 0.25) is 0 Å². The largest absolute Gasteiger partial charge is 0.464 e. The highest BCUT2D eigenvalue weighted by Crippen LogP contribution is 2.38. The summed E-state index contributed by atoms with van der Waals surface area (Å²) in [7, 11) is 0. The molecule has 1 nitrogen and oxygen atoms in total. The molecule has 0 saturated carbocycles. The second kappa shape index (κ2) is 4.13. The first-order chi connectivity index (χ1) is 8.61. The highest BCUT2D eigenvalue weighted by Gasteiger charge is 2.16. The zero-order valence-electron chi connectivity index (χ0n) is 10.8. The molecule has 1 heterocycles. The Hall–Kier alpha value is -1.28. The molecule has 0 spiro atoms. The van der Waals surface area contributed by atoms with Crippen LogP contribution in [0.4, 0.5) is 0 Å². The second-order valence-corrected chi connectivity index (χ2v) is 5.50. The van der Waals surface area contributed by atoms with Crippen LogP contribution in [0.1, 0.15) is 22.3 Å². The summed E-state index contributed by atoms with van der Waals surface area (Å²) in [5.74, 6) is 0. The highest BCUT2D eigenvalue weighted by molar-refractivity contribution is 9.08. The number of alkyl halides is 1. The number of fused-ring (bicyclic) bond motifs is 2. The molecule has 0 N–H and O–H groups in total.